The van der Waals surface area contributed by atoms with E-state index in [2.05, 4.69) is 28.2 Å². The average Bonchev–Trinajstić information content (AvgIpc) is 2.46. The van der Waals surface area contributed by atoms with Crippen molar-refractivity contribution in [3.8, 4) is 0 Å². The quantitative estimate of drug-likeness (QED) is 0.808. The first-order chi connectivity index (χ1) is 9.81. The molecule has 0 N–H and O–H groups in total. The van der Waals surface area contributed by atoms with E-state index in [0.29, 0.717) is 5.25 Å². The standard InChI is InChI=1S/C16H16N2OS/c19-20-13-2-1-3-14(20)9-12(8-13)11-4-5-15-16(10-11)18-7-6-17-15/h4-8,10,13-14H,1-3,9H2. The van der Waals surface area contributed by atoms with E-state index in [4.69, 9.17) is 0 Å². The molecular formula is C16H16N2OS. The molecule has 4 heteroatoms. The number of rotatable bonds is 1. The van der Waals surface area contributed by atoms with E-state index in [0.717, 1.165) is 30.3 Å². The summed E-state index contributed by atoms with van der Waals surface area (Å²) in [6.45, 7) is 0. The zero-order valence-corrected chi connectivity index (χ0v) is 12.0. The first kappa shape index (κ1) is 12.2. The summed E-state index contributed by atoms with van der Waals surface area (Å²) in [5, 5.41) is 0.612. The maximum Gasteiger partial charge on any atom is 0.0892 e. The van der Waals surface area contributed by atoms with Gasteiger partial charge >= 0.3 is 0 Å². The van der Waals surface area contributed by atoms with Crippen LogP contribution >= 0.6 is 0 Å². The van der Waals surface area contributed by atoms with Crippen LogP contribution in [0.2, 0.25) is 0 Å². The average molecular weight is 284 g/mol. The van der Waals surface area contributed by atoms with Gasteiger partial charge in [0.2, 0.25) is 0 Å². The highest BCUT2D eigenvalue weighted by molar-refractivity contribution is 7.86. The van der Waals surface area contributed by atoms with E-state index in [-0.39, 0.29) is 5.25 Å². The van der Waals surface area contributed by atoms with Crippen LogP contribution in [0.15, 0.2) is 36.7 Å². The Kier molecular flexibility index (Phi) is 2.91. The number of hydrogen-bond acceptors (Lipinski definition) is 3. The van der Waals surface area contributed by atoms with Crippen LogP contribution in [0.3, 0.4) is 0 Å². The van der Waals surface area contributed by atoms with Crippen LogP contribution in [0.25, 0.3) is 16.6 Å². The first-order valence-corrected chi connectivity index (χ1v) is 8.40. The van der Waals surface area contributed by atoms with E-state index >= 15 is 0 Å². The van der Waals surface area contributed by atoms with Gasteiger partial charge in [0.05, 0.1) is 16.3 Å². The van der Waals surface area contributed by atoms with Crippen LogP contribution in [0.1, 0.15) is 31.2 Å². The Hall–Kier alpha value is -1.55. The Morgan fingerprint density at radius 2 is 1.95 bits per heavy atom. The number of fused-ring (bicyclic) bond motifs is 3. The largest absolute Gasteiger partial charge is 0.259 e. The maximum absolute atomic E-state index is 12.2. The highest BCUT2D eigenvalue weighted by Crippen LogP contribution is 2.37. The lowest BCUT2D eigenvalue weighted by Gasteiger charge is -2.32. The van der Waals surface area contributed by atoms with Crippen molar-refractivity contribution in [2.45, 2.75) is 36.2 Å². The third kappa shape index (κ3) is 1.99. The van der Waals surface area contributed by atoms with Crippen LogP contribution in [0, 0.1) is 0 Å². The lowest BCUT2D eigenvalue weighted by molar-refractivity contribution is 0.579. The normalized spacial score (nSPS) is 29.2. The fraction of sp³-hybridized carbons (Fsp3) is 0.375. The smallest absolute Gasteiger partial charge is 0.0892 e. The Morgan fingerprint density at radius 3 is 2.80 bits per heavy atom. The summed E-state index contributed by atoms with van der Waals surface area (Å²) in [6.07, 6.45) is 10.0. The molecule has 3 nitrogen and oxygen atoms in total. The highest BCUT2D eigenvalue weighted by atomic mass is 32.2. The van der Waals surface area contributed by atoms with E-state index in [1.165, 1.54) is 17.6 Å². The number of aromatic nitrogens is 2. The number of nitrogens with zero attached hydrogens (tertiary/aromatic N) is 2. The van der Waals surface area contributed by atoms with Crippen LogP contribution in [-0.2, 0) is 10.8 Å². The molecule has 20 heavy (non-hydrogen) atoms. The molecule has 0 spiro atoms. The van der Waals surface area contributed by atoms with Crippen LogP contribution in [-0.4, -0.2) is 24.7 Å². The maximum atomic E-state index is 12.2. The van der Waals surface area contributed by atoms with E-state index < -0.39 is 10.8 Å². The Bertz CT molecular complexity index is 725. The summed E-state index contributed by atoms with van der Waals surface area (Å²) in [6, 6.07) is 6.25. The molecular weight excluding hydrogens is 268 g/mol. The number of hydrogen-bond donors (Lipinski definition) is 0. The highest BCUT2D eigenvalue weighted by Gasteiger charge is 2.33. The molecule has 1 fully saturated rings. The zero-order chi connectivity index (χ0) is 13.5. The molecule has 3 unspecified atom stereocenters. The molecule has 2 aliphatic heterocycles. The molecule has 0 radical (unpaired) electrons. The molecule has 3 atom stereocenters. The third-order valence-corrected chi connectivity index (χ3v) is 6.34. The minimum absolute atomic E-state index is 0.259. The van der Waals surface area contributed by atoms with Gasteiger partial charge in [0.25, 0.3) is 0 Å². The lowest BCUT2D eigenvalue weighted by Crippen LogP contribution is -2.33. The summed E-state index contributed by atoms with van der Waals surface area (Å²) >= 11 is 0. The summed E-state index contributed by atoms with van der Waals surface area (Å²) in [7, 11) is -0.662. The molecule has 3 heterocycles. The first-order valence-electron chi connectivity index (χ1n) is 7.12. The molecule has 2 aliphatic rings. The summed E-state index contributed by atoms with van der Waals surface area (Å²) in [5.41, 5.74) is 4.41. The zero-order valence-electron chi connectivity index (χ0n) is 11.2. The van der Waals surface area contributed by atoms with Gasteiger partial charge in [-0.05, 0) is 42.5 Å². The van der Waals surface area contributed by atoms with Gasteiger partial charge in [-0.15, -0.1) is 0 Å². The van der Waals surface area contributed by atoms with Gasteiger partial charge in [-0.2, -0.15) is 0 Å². The minimum Gasteiger partial charge on any atom is -0.259 e. The second-order valence-electron chi connectivity index (χ2n) is 5.58. The fourth-order valence-corrected chi connectivity index (χ4v) is 5.21. The van der Waals surface area contributed by atoms with Gasteiger partial charge in [-0.1, -0.05) is 18.6 Å². The molecule has 2 bridgehead atoms. The molecule has 0 amide bonds. The summed E-state index contributed by atoms with van der Waals surface area (Å²) in [5.74, 6) is 0. The predicted octanol–water partition coefficient (Wildman–Crippen LogP) is 3.09. The monoisotopic (exact) mass is 284 g/mol. The van der Waals surface area contributed by atoms with Gasteiger partial charge in [-0.25, -0.2) is 0 Å². The number of benzene rings is 1. The molecule has 2 aromatic rings. The summed E-state index contributed by atoms with van der Waals surface area (Å²) < 4.78 is 12.2. The second-order valence-corrected chi connectivity index (χ2v) is 7.50. The van der Waals surface area contributed by atoms with Gasteiger partial charge < -0.3 is 0 Å². The third-order valence-electron chi connectivity index (χ3n) is 4.32. The SMILES string of the molecule is O=S1C2C=C(c3ccc4nccnc4c3)CC1CCC2. The summed E-state index contributed by atoms with van der Waals surface area (Å²) in [4.78, 5) is 8.68. The fourth-order valence-electron chi connectivity index (χ4n) is 3.28. The van der Waals surface area contributed by atoms with Crippen LogP contribution in [0.4, 0.5) is 0 Å². The van der Waals surface area contributed by atoms with Crippen LogP contribution < -0.4 is 0 Å². The molecule has 0 saturated carbocycles. The van der Waals surface area contributed by atoms with Crippen LogP contribution in [0.5, 0.6) is 0 Å². The van der Waals surface area contributed by atoms with E-state index in [1.54, 1.807) is 12.4 Å². The molecule has 102 valence electrons. The van der Waals surface area contributed by atoms with Crippen molar-refractivity contribution in [1.29, 1.82) is 0 Å². The van der Waals surface area contributed by atoms with Crippen molar-refractivity contribution in [3.05, 3.63) is 42.2 Å². The van der Waals surface area contributed by atoms with Gasteiger partial charge in [0.15, 0.2) is 0 Å². The van der Waals surface area contributed by atoms with Crippen molar-refractivity contribution in [1.82, 2.24) is 9.97 Å². The van der Waals surface area contributed by atoms with Crippen molar-refractivity contribution < 1.29 is 4.21 Å². The molecule has 1 saturated heterocycles. The Balaban J connectivity index is 1.77. The van der Waals surface area contributed by atoms with Gasteiger partial charge in [0.1, 0.15) is 0 Å². The van der Waals surface area contributed by atoms with Gasteiger partial charge in [0, 0.05) is 28.4 Å². The van der Waals surface area contributed by atoms with Gasteiger partial charge in [-0.3, -0.25) is 14.2 Å². The molecule has 1 aromatic carbocycles. The molecule has 0 aliphatic carbocycles. The predicted molar refractivity (Wildman–Crippen MR) is 81.7 cm³/mol. The molecule has 4 rings (SSSR count). The number of allylic oxidation sites excluding steroid dienone is 1. The van der Waals surface area contributed by atoms with Crippen molar-refractivity contribution >= 4 is 27.4 Å². The van der Waals surface area contributed by atoms with E-state index in [1.807, 2.05) is 6.07 Å². The lowest BCUT2D eigenvalue weighted by atomic mass is 9.93. The Labute approximate surface area is 120 Å². The molecule has 1 aromatic heterocycles. The Morgan fingerprint density at radius 1 is 1.10 bits per heavy atom. The topological polar surface area (TPSA) is 42.9 Å². The van der Waals surface area contributed by atoms with Crippen molar-refractivity contribution in [2.24, 2.45) is 0 Å². The van der Waals surface area contributed by atoms with E-state index in [9.17, 15) is 4.21 Å². The minimum atomic E-state index is -0.662. The second kappa shape index (κ2) is 4.77. The van der Waals surface area contributed by atoms with Crippen molar-refractivity contribution in [2.75, 3.05) is 0 Å². The van der Waals surface area contributed by atoms with Crippen molar-refractivity contribution in [3.63, 3.8) is 0 Å².